The maximum Gasteiger partial charge on any atom is 0.246 e. The lowest BCUT2D eigenvalue weighted by Crippen LogP contribution is -2.56. The maximum atomic E-state index is 13.6. The van der Waals surface area contributed by atoms with Crippen molar-refractivity contribution >= 4 is 17.7 Å². The van der Waals surface area contributed by atoms with Gasteiger partial charge in [-0.25, -0.2) is 0 Å². The van der Waals surface area contributed by atoms with Gasteiger partial charge in [-0.3, -0.25) is 14.4 Å². The van der Waals surface area contributed by atoms with Crippen molar-refractivity contribution in [2.45, 2.75) is 76.7 Å². The van der Waals surface area contributed by atoms with Gasteiger partial charge < -0.3 is 25.4 Å². The summed E-state index contributed by atoms with van der Waals surface area (Å²) in [6.45, 7) is 8.24. The Morgan fingerprint density at radius 1 is 1.28 bits per heavy atom. The predicted octanol–water partition coefficient (Wildman–Crippen LogP) is 0.430. The van der Waals surface area contributed by atoms with Gasteiger partial charge in [-0.15, -0.1) is 0 Å². The minimum Gasteiger partial charge on any atom is -0.396 e. The van der Waals surface area contributed by atoms with Crippen LogP contribution in [-0.2, 0) is 19.1 Å². The molecule has 3 N–H and O–H groups in total. The van der Waals surface area contributed by atoms with Crippen molar-refractivity contribution in [2.24, 2.45) is 17.8 Å². The molecule has 0 aliphatic carbocycles. The van der Waals surface area contributed by atoms with Crippen molar-refractivity contribution in [1.82, 2.24) is 15.5 Å². The Hall–Kier alpha value is -1.67. The Kier molecular flexibility index (Phi) is 5.98. The Morgan fingerprint density at radius 2 is 1.97 bits per heavy atom. The number of carbonyl (C=O) groups excluding carboxylic acids is 3. The summed E-state index contributed by atoms with van der Waals surface area (Å²) in [7, 11) is 1.57. The number of nitrogens with zero attached hydrogens (tertiary/aromatic N) is 1. The highest BCUT2D eigenvalue weighted by molar-refractivity contribution is 5.99. The van der Waals surface area contributed by atoms with Crippen LogP contribution in [0, 0.1) is 17.8 Å². The number of hydrogen-bond donors (Lipinski definition) is 3. The van der Waals surface area contributed by atoms with Gasteiger partial charge in [0.1, 0.15) is 11.6 Å². The van der Waals surface area contributed by atoms with Crippen LogP contribution in [0.25, 0.3) is 0 Å². The van der Waals surface area contributed by atoms with Crippen LogP contribution in [0.3, 0.4) is 0 Å². The average molecular weight is 410 g/mol. The molecule has 6 atom stereocenters. The summed E-state index contributed by atoms with van der Waals surface area (Å²) in [6, 6.07) is -0.805. The summed E-state index contributed by atoms with van der Waals surface area (Å²) in [5, 5.41) is 14.7. The van der Waals surface area contributed by atoms with Crippen LogP contribution in [0.2, 0.25) is 0 Å². The van der Waals surface area contributed by atoms with Crippen molar-refractivity contribution in [3.05, 3.63) is 0 Å². The van der Waals surface area contributed by atoms with E-state index in [0.717, 1.165) is 6.42 Å². The third-order valence-corrected chi connectivity index (χ3v) is 7.08. The molecule has 8 nitrogen and oxygen atoms in total. The van der Waals surface area contributed by atoms with E-state index in [2.05, 4.69) is 10.6 Å². The molecule has 0 saturated carbocycles. The highest BCUT2D eigenvalue weighted by Gasteiger charge is 2.79. The number of unbranched alkanes of at least 4 members (excludes halogenated alkanes) is 2. The predicted molar refractivity (Wildman–Crippen MR) is 107 cm³/mol. The number of rotatable bonds is 8. The van der Waals surface area contributed by atoms with Gasteiger partial charge in [0.15, 0.2) is 0 Å². The molecule has 0 aromatic rings. The number of aliphatic hydroxyl groups excluding tert-OH is 1. The number of ether oxygens (including phenoxy) is 1. The molecule has 0 aromatic heterocycles. The lowest BCUT2D eigenvalue weighted by molar-refractivity contribution is -0.147. The van der Waals surface area contributed by atoms with Crippen LogP contribution in [0.15, 0.2) is 0 Å². The molecule has 3 aliphatic heterocycles. The van der Waals surface area contributed by atoms with E-state index in [1.165, 1.54) is 0 Å². The molecule has 3 amide bonds. The van der Waals surface area contributed by atoms with Crippen LogP contribution in [0.4, 0.5) is 0 Å². The average Bonchev–Trinajstić information content (AvgIpc) is 3.15. The number of nitrogens with one attached hydrogen (secondary N) is 2. The van der Waals surface area contributed by atoms with E-state index in [-0.39, 0.29) is 36.3 Å². The summed E-state index contributed by atoms with van der Waals surface area (Å²) in [6.07, 6.45) is 2.70. The molecule has 3 aliphatic rings. The van der Waals surface area contributed by atoms with E-state index < -0.39 is 29.1 Å². The van der Waals surface area contributed by atoms with Crippen molar-refractivity contribution in [3.63, 3.8) is 0 Å². The van der Waals surface area contributed by atoms with E-state index in [1.807, 2.05) is 27.7 Å². The normalized spacial score (nSPS) is 37.9. The molecule has 3 saturated heterocycles. The summed E-state index contributed by atoms with van der Waals surface area (Å²) in [4.78, 5) is 41.3. The number of likely N-dealkylation sites (tertiary alicyclic amines) is 1. The summed E-state index contributed by atoms with van der Waals surface area (Å²) in [5.41, 5.74) is -1.74. The van der Waals surface area contributed by atoms with E-state index in [4.69, 9.17) is 9.84 Å². The zero-order chi connectivity index (χ0) is 21.6. The van der Waals surface area contributed by atoms with Crippen molar-refractivity contribution in [2.75, 3.05) is 20.2 Å². The van der Waals surface area contributed by atoms with Gasteiger partial charge in [0, 0.05) is 26.2 Å². The van der Waals surface area contributed by atoms with Gasteiger partial charge in [0.2, 0.25) is 17.7 Å². The van der Waals surface area contributed by atoms with Gasteiger partial charge in [0.25, 0.3) is 0 Å². The minimum absolute atomic E-state index is 0.0533. The topological polar surface area (TPSA) is 108 Å². The molecule has 3 rings (SSSR count). The standard InChI is InChI=1S/C21H35N3O5/c1-12(2)23-18(27)16-21-11-13(3)20(4,29-21)14(17(26)22-5)15(21)19(28)24(16)9-7-6-8-10-25/h12-16,25H,6-11H2,1-5H3,(H,22,26)(H,23,27)/t13?,14-,15+,16?,20+,21?/m1/s1. The minimum atomic E-state index is -0.974. The fourth-order valence-electron chi connectivity index (χ4n) is 5.77. The maximum absolute atomic E-state index is 13.6. The van der Waals surface area contributed by atoms with Crippen molar-refractivity contribution in [3.8, 4) is 0 Å². The largest absolute Gasteiger partial charge is 0.396 e. The second kappa shape index (κ2) is 7.87. The molecule has 29 heavy (non-hydrogen) atoms. The lowest BCUT2D eigenvalue weighted by Gasteiger charge is -2.36. The lowest BCUT2D eigenvalue weighted by atomic mass is 9.62. The Labute approximate surface area is 172 Å². The van der Waals surface area contributed by atoms with E-state index >= 15 is 0 Å². The molecular weight excluding hydrogens is 374 g/mol. The fourth-order valence-corrected chi connectivity index (χ4v) is 5.77. The highest BCUT2D eigenvalue weighted by Crippen LogP contribution is 2.65. The summed E-state index contributed by atoms with van der Waals surface area (Å²) < 4.78 is 6.54. The molecule has 8 heteroatoms. The first kappa shape index (κ1) is 22.0. The molecule has 164 valence electrons. The van der Waals surface area contributed by atoms with Crippen LogP contribution < -0.4 is 10.6 Å². The Balaban J connectivity index is 2.00. The zero-order valence-corrected chi connectivity index (χ0v) is 18.2. The molecule has 3 unspecified atom stereocenters. The molecule has 0 aromatic carbocycles. The van der Waals surface area contributed by atoms with Crippen LogP contribution in [-0.4, -0.2) is 71.2 Å². The second-order valence-electron chi connectivity index (χ2n) is 9.30. The summed E-state index contributed by atoms with van der Waals surface area (Å²) >= 11 is 0. The third-order valence-electron chi connectivity index (χ3n) is 7.08. The Bertz CT molecular complexity index is 683. The van der Waals surface area contributed by atoms with Crippen LogP contribution in [0.5, 0.6) is 0 Å². The monoisotopic (exact) mass is 409 g/mol. The third kappa shape index (κ3) is 3.24. The van der Waals surface area contributed by atoms with E-state index in [1.54, 1.807) is 11.9 Å². The zero-order valence-electron chi connectivity index (χ0n) is 18.2. The fraction of sp³-hybridized carbons (Fsp3) is 0.857. The molecule has 3 heterocycles. The number of amides is 3. The first-order valence-corrected chi connectivity index (χ1v) is 10.8. The molecule has 0 radical (unpaired) electrons. The van der Waals surface area contributed by atoms with Crippen molar-refractivity contribution in [1.29, 1.82) is 0 Å². The van der Waals surface area contributed by atoms with Crippen molar-refractivity contribution < 1.29 is 24.2 Å². The van der Waals surface area contributed by atoms with Crippen LogP contribution >= 0.6 is 0 Å². The van der Waals surface area contributed by atoms with E-state index in [9.17, 15) is 14.4 Å². The SMILES string of the molecule is CNC(=O)[C@H]1[C@H]2C(=O)N(CCCCCO)C(C(=O)NC(C)C)C23CC(C)[C@]1(C)O3. The number of aliphatic hydroxyl groups is 1. The number of hydrogen-bond acceptors (Lipinski definition) is 5. The highest BCUT2D eigenvalue weighted by atomic mass is 16.5. The molecular formula is C21H35N3O5. The quantitative estimate of drug-likeness (QED) is 0.504. The molecule has 2 bridgehead atoms. The van der Waals surface area contributed by atoms with Gasteiger partial charge in [0.05, 0.1) is 17.4 Å². The second-order valence-corrected chi connectivity index (χ2v) is 9.30. The molecule has 1 spiro atoms. The van der Waals surface area contributed by atoms with E-state index in [0.29, 0.717) is 25.8 Å². The van der Waals surface area contributed by atoms with Gasteiger partial charge in [-0.05, 0) is 52.4 Å². The van der Waals surface area contributed by atoms with Crippen LogP contribution in [0.1, 0.15) is 53.4 Å². The van der Waals surface area contributed by atoms with Gasteiger partial charge >= 0.3 is 0 Å². The van der Waals surface area contributed by atoms with Gasteiger partial charge in [-0.1, -0.05) is 6.92 Å². The summed E-state index contributed by atoms with van der Waals surface area (Å²) in [5.74, 6) is -1.79. The smallest absolute Gasteiger partial charge is 0.246 e. The Morgan fingerprint density at radius 3 is 2.55 bits per heavy atom. The molecule has 3 fully saturated rings. The van der Waals surface area contributed by atoms with Gasteiger partial charge in [-0.2, -0.15) is 0 Å². The number of fused-ring (bicyclic) bond motifs is 1. The first-order valence-electron chi connectivity index (χ1n) is 10.8. The first-order chi connectivity index (χ1) is 13.6. The number of carbonyl (C=O) groups is 3.